The molecule has 0 atom stereocenters. The van der Waals surface area contributed by atoms with E-state index < -0.39 is 11.9 Å². The fraction of sp³-hybridized carbons (Fsp3) is 0.167. The van der Waals surface area contributed by atoms with Gasteiger partial charge >= 0.3 is 5.97 Å². The average Bonchev–Trinajstić information content (AvgIpc) is 3.34. The van der Waals surface area contributed by atoms with Gasteiger partial charge in [-0.15, -0.1) is 0 Å². The molecule has 3 N–H and O–H groups in total. The van der Waals surface area contributed by atoms with Crippen molar-refractivity contribution in [2.45, 2.75) is 20.0 Å². The highest BCUT2D eigenvalue weighted by molar-refractivity contribution is 6.32. The summed E-state index contributed by atoms with van der Waals surface area (Å²) in [6, 6.07) is 19.4. The lowest BCUT2D eigenvalue weighted by Gasteiger charge is -2.15. The average molecular weight is 544 g/mol. The highest BCUT2D eigenvalue weighted by atomic mass is 35.5. The van der Waals surface area contributed by atoms with Crippen LogP contribution in [0.4, 0.5) is 0 Å². The molecule has 198 valence electrons. The third-order valence-corrected chi connectivity index (χ3v) is 6.23. The first-order chi connectivity index (χ1) is 18.9. The molecule has 1 heterocycles. The second-order valence-corrected chi connectivity index (χ2v) is 9.00. The number of fused-ring (bicyclic) bond motifs is 1. The number of nitrogens with zero attached hydrogens (tertiary/aromatic N) is 1. The maximum Gasteiger partial charge on any atom is 0.335 e. The molecule has 4 aromatic rings. The molecule has 3 aromatic carbocycles. The lowest BCUT2D eigenvalue weighted by atomic mass is 10.1. The van der Waals surface area contributed by atoms with E-state index >= 15 is 0 Å². The first kappa shape index (κ1) is 27.3. The maximum atomic E-state index is 12.7. The number of aromatic amines is 1. The highest BCUT2D eigenvalue weighted by Crippen LogP contribution is 2.38. The summed E-state index contributed by atoms with van der Waals surface area (Å²) in [5, 5.41) is 22.8. The molecule has 0 unspecified atom stereocenters. The van der Waals surface area contributed by atoms with Crippen molar-refractivity contribution < 1.29 is 24.2 Å². The van der Waals surface area contributed by atoms with Crippen LogP contribution in [-0.4, -0.2) is 35.1 Å². The van der Waals surface area contributed by atoms with Gasteiger partial charge in [-0.3, -0.25) is 4.79 Å². The quantitative estimate of drug-likeness (QED) is 0.163. The van der Waals surface area contributed by atoms with E-state index in [0.29, 0.717) is 36.6 Å². The van der Waals surface area contributed by atoms with Crippen LogP contribution in [0.2, 0.25) is 5.02 Å². The zero-order valence-electron chi connectivity index (χ0n) is 21.2. The van der Waals surface area contributed by atoms with Crippen molar-refractivity contribution in [1.82, 2.24) is 10.3 Å². The number of hydrogen-bond acceptors (Lipinski definition) is 5. The number of aromatic carboxylic acids is 1. The van der Waals surface area contributed by atoms with E-state index in [2.05, 4.69) is 10.3 Å². The zero-order chi connectivity index (χ0) is 27.8. The van der Waals surface area contributed by atoms with Crippen LogP contribution in [0, 0.1) is 11.3 Å². The molecule has 0 radical (unpaired) electrons. The molecule has 0 aliphatic carbocycles. The normalized spacial score (nSPS) is 11.2. The van der Waals surface area contributed by atoms with Crippen molar-refractivity contribution in [3.63, 3.8) is 0 Å². The number of carboxylic acids is 1. The van der Waals surface area contributed by atoms with Crippen LogP contribution in [0.15, 0.2) is 72.4 Å². The molecule has 0 bridgehead atoms. The molecule has 0 aliphatic rings. The summed E-state index contributed by atoms with van der Waals surface area (Å²) in [5.41, 5.74) is 3.47. The molecule has 0 fully saturated rings. The number of rotatable bonds is 11. The second kappa shape index (κ2) is 12.7. The molecule has 9 heteroatoms. The van der Waals surface area contributed by atoms with Gasteiger partial charge in [0.2, 0.25) is 0 Å². The Morgan fingerprint density at radius 1 is 1.13 bits per heavy atom. The Bertz CT molecular complexity index is 1570. The largest absolute Gasteiger partial charge is 0.490 e. The minimum Gasteiger partial charge on any atom is -0.490 e. The predicted octanol–water partition coefficient (Wildman–Crippen LogP) is 5.76. The van der Waals surface area contributed by atoms with Crippen molar-refractivity contribution in [1.29, 1.82) is 5.26 Å². The molecule has 4 rings (SSSR count). The number of amides is 1. The monoisotopic (exact) mass is 543 g/mol. The van der Waals surface area contributed by atoms with Gasteiger partial charge in [0.1, 0.15) is 18.2 Å². The number of halogens is 1. The summed E-state index contributed by atoms with van der Waals surface area (Å²) in [6.07, 6.45) is 3.98. The number of H-pyrrole nitrogens is 1. The van der Waals surface area contributed by atoms with Gasteiger partial charge in [0.05, 0.1) is 17.2 Å². The predicted molar refractivity (Wildman–Crippen MR) is 149 cm³/mol. The first-order valence-electron chi connectivity index (χ1n) is 12.3. The van der Waals surface area contributed by atoms with E-state index in [1.54, 1.807) is 24.3 Å². The Hall–Kier alpha value is -4.74. The first-order valence-corrected chi connectivity index (χ1v) is 12.6. The van der Waals surface area contributed by atoms with Crippen molar-refractivity contribution in [3.05, 3.63) is 99.7 Å². The number of nitrogens with one attached hydrogen (secondary N) is 2. The Balaban J connectivity index is 1.45. The van der Waals surface area contributed by atoms with Gasteiger partial charge in [-0.1, -0.05) is 41.9 Å². The standard InChI is InChI=1S/C30H26ClN3O5/c1-2-38-27-15-20(14-25(31)28(27)39-18-19-7-9-21(10-8-19)30(36)37)13-23(16-32)29(35)33-12-11-22-17-34-26-6-4-3-5-24(22)26/h3-10,13-15,17,34H,2,11-12,18H2,1H3,(H,33,35)(H,36,37)/b23-13-. The van der Waals surface area contributed by atoms with Crippen LogP contribution in [0.3, 0.4) is 0 Å². The smallest absolute Gasteiger partial charge is 0.335 e. The van der Waals surface area contributed by atoms with Crippen LogP contribution < -0.4 is 14.8 Å². The maximum absolute atomic E-state index is 12.7. The molecule has 39 heavy (non-hydrogen) atoms. The van der Waals surface area contributed by atoms with E-state index in [0.717, 1.165) is 22.0 Å². The number of para-hydroxylation sites is 1. The number of ether oxygens (including phenoxy) is 2. The Morgan fingerprint density at radius 3 is 2.62 bits per heavy atom. The third kappa shape index (κ3) is 6.78. The molecule has 1 aromatic heterocycles. The second-order valence-electron chi connectivity index (χ2n) is 8.59. The molecular weight excluding hydrogens is 518 g/mol. The van der Waals surface area contributed by atoms with E-state index in [-0.39, 0.29) is 22.8 Å². The SMILES string of the molecule is CCOc1cc(/C=C(/C#N)C(=O)NCCc2c[nH]c3ccccc23)cc(Cl)c1OCc1ccc(C(=O)O)cc1. The Kier molecular flexibility index (Phi) is 8.87. The van der Waals surface area contributed by atoms with Crippen LogP contribution in [0.25, 0.3) is 17.0 Å². The third-order valence-electron chi connectivity index (χ3n) is 5.95. The summed E-state index contributed by atoms with van der Waals surface area (Å²) in [5.74, 6) is -0.834. The molecule has 1 amide bonds. The van der Waals surface area contributed by atoms with E-state index in [1.165, 1.54) is 18.2 Å². The summed E-state index contributed by atoms with van der Waals surface area (Å²) in [4.78, 5) is 27.0. The number of carboxylic acid groups (broad SMARTS) is 1. The van der Waals surface area contributed by atoms with Crippen LogP contribution in [-0.2, 0) is 17.8 Å². The van der Waals surface area contributed by atoms with Crippen molar-refractivity contribution >= 4 is 40.5 Å². The van der Waals surface area contributed by atoms with Crippen molar-refractivity contribution in [3.8, 4) is 17.6 Å². The van der Waals surface area contributed by atoms with E-state index in [4.69, 9.17) is 26.2 Å². The minimum absolute atomic E-state index is 0.0698. The fourth-order valence-electron chi connectivity index (χ4n) is 4.03. The molecule has 0 saturated heterocycles. The molecule has 8 nitrogen and oxygen atoms in total. The zero-order valence-corrected chi connectivity index (χ0v) is 21.9. The molecular formula is C30H26ClN3O5. The number of hydrogen-bond donors (Lipinski definition) is 3. The fourth-order valence-corrected chi connectivity index (χ4v) is 4.31. The van der Waals surface area contributed by atoms with Crippen LogP contribution in [0.1, 0.15) is 34.0 Å². The van der Waals surface area contributed by atoms with Gasteiger partial charge in [0.25, 0.3) is 5.91 Å². The van der Waals surface area contributed by atoms with Crippen LogP contribution >= 0.6 is 11.6 Å². The van der Waals surface area contributed by atoms with Gasteiger partial charge in [-0.25, -0.2) is 4.79 Å². The van der Waals surface area contributed by atoms with Gasteiger partial charge < -0.3 is 24.9 Å². The summed E-state index contributed by atoms with van der Waals surface area (Å²) in [7, 11) is 0. The highest BCUT2D eigenvalue weighted by Gasteiger charge is 2.15. The number of aromatic nitrogens is 1. The van der Waals surface area contributed by atoms with Gasteiger partial charge in [0, 0.05) is 23.6 Å². The topological polar surface area (TPSA) is 124 Å². The number of carbonyl (C=O) groups is 2. The molecule has 0 spiro atoms. The lowest BCUT2D eigenvalue weighted by Crippen LogP contribution is -2.26. The summed E-state index contributed by atoms with van der Waals surface area (Å²) in [6.45, 7) is 2.65. The summed E-state index contributed by atoms with van der Waals surface area (Å²) < 4.78 is 11.6. The Labute approximate surface area is 230 Å². The number of nitriles is 1. The van der Waals surface area contributed by atoms with Gasteiger partial charge in [-0.2, -0.15) is 5.26 Å². The number of carbonyl (C=O) groups excluding carboxylic acids is 1. The minimum atomic E-state index is -1.01. The van der Waals surface area contributed by atoms with Crippen LogP contribution in [0.5, 0.6) is 11.5 Å². The number of benzene rings is 3. The van der Waals surface area contributed by atoms with E-state index in [1.807, 2.05) is 43.5 Å². The van der Waals surface area contributed by atoms with Gasteiger partial charge in [0.15, 0.2) is 11.5 Å². The molecule has 0 aliphatic heterocycles. The lowest BCUT2D eigenvalue weighted by molar-refractivity contribution is -0.117. The summed E-state index contributed by atoms with van der Waals surface area (Å²) >= 11 is 6.50. The van der Waals surface area contributed by atoms with Gasteiger partial charge in [-0.05, 0) is 66.4 Å². The Morgan fingerprint density at radius 2 is 1.90 bits per heavy atom. The molecule has 0 saturated carbocycles. The van der Waals surface area contributed by atoms with Crippen molar-refractivity contribution in [2.75, 3.05) is 13.2 Å². The van der Waals surface area contributed by atoms with Crippen molar-refractivity contribution in [2.24, 2.45) is 0 Å². The van der Waals surface area contributed by atoms with E-state index in [9.17, 15) is 14.9 Å².